The van der Waals surface area contributed by atoms with Crippen LogP contribution in [0.1, 0.15) is 18.1 Å². The van der Waals surface area contributed by atoms with Gasteiger partial charge in [0.25, 0.3) is 11.5 Å². The summed E-state index contributed by atoms with van der Waals surface area (Å²) in [4.78, 5) is 45.3. The van der Waals surface area contributed by atoms with Gasteiger partial charge < -0.3 is 9.64 Å². The Morgan fingerprint density at radius 2 is 1.82 bits per heavy atom. The molecule has 0 spiro atoms. The summed E-state index contributed by atoms with van der Waals surface area (Å²) in [5.74, 6) is -0.223. The predicted octanol–water partition coefficient (Wildman–Crippen LogP) is 4.62. The van der Waals surface area contributed by atoms with Crippen LogP contribution in [0.25, 0.3) is 21.9 Å². The first-order valence-electron chi connectivity index (χ1n) is 11.4. The van der Waals surface area contributed by atoms with E-state index in [-0.39, 0.29) is 16.3 Å². The fourth-order valence-corrected chi connectivity index (χ4v) is 5.83. The third-order valence-corrected chi connectivity index (χ3v) is 7.77. The fourth-order valence-electron chi connectivity index (χ4n) is 4.35. The van der Waals surface area contributed by atoms with Crippen LogP contribution in [-0.4, -0.2) is 26.5 Å². The molecule has 0 bridgehead atoms. The number of ether oxygens (including phenoxy) is 1. The summed E-state index contributed by atoms with van der Waals surface area (Å²) in [5, 5.41) is 5.00. The number of fused-ring (bicyclic) bond motifs is 2. The number of amides is 1. The van der Waals surface area contributed by atoms with Crippen molar-refractivity contribution in [2.45, 2.75) is 13.5 Å². The summed E-state index contributed by atoms with van der Waals surface area (Å²) in [7, 11) is 0. The first-order valence-corrected chi connectivity index (χ1v) is 13.4. The van der Waals surface area contributed by atoms with E-state index in [0.29, 0.717) is 44.7 Å². The van der Waals surface area contributed by atoms with Gasteiger partial charge in [0.2, 0.25) is 4.96 Å². The SMILES string of the molecule is CC(=O)Oc1ccccc1-c1nc2sc(=C3C(=O)N(Cc4ccc(Cl)cc4)c4ccc(Br)cc43)c(=O)n2n1. The van der Waals surface area contributed by atoms with Crippen LogP contribution >= 0.6 is 38.9 Å². The number of aromatic nitrogens is 3. The summed E-state index contributed by atoms with van der Waals surface area (Å²) < 4.78 is 7.49. The molecule has 8 nitrogen and oxygen atoms in total. The van der Waals surface area contributed by atoms with Gasteiger partial charge in [-0.1, -0.05) is 63.1 Å². The largest absolute Gasteiger partial charge is 0.426 e. The van der Waals surface area contributed by atoms with E-state index in [1.807, 2.05) is 30.3 Å². The van der Waals surface area contributed by atoms with Crippen molar-refractivity contribution >= 4 is 67.0 Å². The zero-order valence-corrected chi connectivity index (χ0v) is 22.8. The van der Waals surface area contributed by atoms with Gasteiger partial charge in [0.15, 0.2) is 5.82 Å². The quantitative estimate of drug-likeness (QED) is 0.219. The summed E-state index contributed by atoms with van der Waals surface area (Å²) >= 11 is 10.6. The van der Waals surface area contributed by atoms with Crippen molar-refractivity contribution in [1.82, 2.24) is 14.6 Å². The Labute approximate surface area is 232 Å². The van der Waals surface area contributed by atoms with Gasteiger partial charge in [-0.2, -0.15) is 9.50 Å². The van der Waals surface area contributed by atoms with Crippen molar-refractivity contribution in [2.24, 2.45) is 0 Å². The molecule has 188 valence electrons. The maximum Gasteiger partial charge on any atom is 0.308 e. The van der Waals surface area contributed by atoms with Gasteiger partial charge in [-0.15, -0.1) is 5.10 Å². The molecule has 0 radical (unpaired) electrons. The Balaban J connectivity index is 1.48. The van der Waals surface area contributed by atoms with E-state index in [4.69, 9.17) is 16.3 Å². The highest BCUT2D eigenvalue weighted by Gasteiger charge is 2.35. The number of anilines is 1. The molecule has 2 aromatic heterocycles. The summed E-state index contributed by atoms with van der Waals surface area (Å²) in [6.07, 6.45) is 0. The summed E-state index contributed by atoms with van der Waals surface area (Å²) in [5.41, 5.74) is 2.60. The Morgan fingerprint density at radius 3 is 2.55 bits per heavy atom. The molecule has 0 N–H and O–H groups in total. The molecule has 6 rings (SSSR count). The Hall–Kier alpha value is -3.86. The van der Waals surface area contributed by atoms with Crippen LogP contribution in [0, 0.1) is 0 Å². The minimum absolute atomic E-state index is 0.243. The minimum Gasteiger partial charge on any atom is -0.426 e. The third-order valence-electron chi connectivity index (χ3n) is 6.00. The predicted molar refractivity (Wildman–Crippen MR) is 148 cm³/mol. The lowest BCUT2D eigenvalue weighted by Gasteiger charge is -2.17. The lowest BCUT2D eigenvalue weighted by molar-refractivity contribution is -0.131. The van der Waals surface area contributed by atoms with Gasteiger partial charge in [-0.25, -0.2) is 0 Å². The number of rotatable bonds is 4. The highest BCUT2D eigenvalue weighted by Crippen LogP contribution is 2.38. The number of thiazole rings is 1. The van der Waals surface area contributed by atoms with Gasteiger partial charge >= 0.3 is 5.97 Å². The molecule has 0 atom stereocenters. The number of carbonyl (C=O) groups is 2. The second-order valence-corrected chi connectivity index (χ2v) is 10.8. The van der Waals surface area contributed by atoms with Gasteiger partial charge in [0, 0.05) is 22.0 Å². The van der Waals surface area contributed by atoms with E-state index in [9.17, 15) is 14.4 Å². The zero-order chi connectivity index (χ0) is 26.6. The molecule has 0 fully saturated rings. The molecule has 38 heavy (non-hydrogen) atoms. The number of halogens is 2. The Kier molecular flexibility index (Phi) is 6.10. The lowest BCUT2D eigenvalue weighted by atomic mass is 10.1. The van der Waals surface area contributed by atoms with E-state index in [0.717, 1.165) is 21.4 Å². The van der Waals surface area contributed by atoms with Crippen LogP contribution in [0.4, 0.5) is 5.69 Å². The second kappa shape index (κ2) is 9.46. The van der Waals surface area contributed by atoms with Crippen molar-refractivity contribution in [3.8, 4) is 17.1 Å². The number of hydrogen-bond donors (Lipinski definition) is 0. The van der Waals surface area contributed by atoms with E-state index in [2.05, 4.69) is 26.0 Å². The monoisotopic (exact) mass is 606 g/mol. The van der Waals surface area contributed by atoms with Crippen molar-refractivity contribution in [2.75, 3.05) is 4.90 Å². The topological polar surface area (TPSA) is 93.9 Å². The summed E-state index contributed by atoms with van der Waals surface area (Å²) in [6.45, 7) is 1.63. The van der Waals surface area contributed by atoms with Crippen LogP contribution < -0.4 is 19.7 Å². The Bertz CT molecular complexity index is 1880. The van der Waals surface area contributed by atoms with Crippen molar-refractivity contribution < 1.29 is 14.3 Å². The molecule has 1 amide bonds. The third kappa shape index (κ3) is 4.20. The van der Waals surface area contributed by atoms with Gasteiger partial charge in [0.1, 0.15) is 10.3 Å². The van der Waals surface area contributed by atoms with E-state index in [1.54, 1.807) is 41.3 Å². The molecule has 1 aliphatic heterocycles. The zero-order valence-electron chi connectivity index (χ0n) is 19.6. The first-order chi connectivity index (χ1) is 18.3. The molecular weight excluding hydrogens is 592 g/mol. The highest BCUT2D eigenvalue weighted by atomic mass is 79.9. The average molecular weight is 608 g/mol. The molecule has 0 aliphatic carbocycles. The fraction of sp³-hybridized carbons (Fsp3) is 0.0741. The maximum absolute atomic E-state index is 13.7. The molecule has 5 aromatic rings. The number of esters is 1. The van der Waals surface area contributed by atoms with E-state index < -0.39 is 11.5 Å². The van der Waals surface area contributed by atoms with Gasteiger partial charge in [0.05, 0.1) is 23.4 Å². The smallest absolute Gasteiger partial charge is 0.308 e. The average Bonchev–Trinajstić information content (AvgIpc) is 3.51. The maximum atomic E-state index is 13.7. The van der Waals surface area contributed by atoms with Crippen LogP contribution in [0.3, 0.4) is 0 Å². The number of benzene rings is 3. The van der Waals surface area contributed by atoms with Crippen molar-refractivity contribution in [3.63, 3.8) is 0 Å². The lowest BCUT2D eigenvalue weighted by Crippen LogP contribution is -2.32. The minimum atomic E-state index is -0.477. The first kappa shape index (κ1) is 24.5. The van der Waals surface area contributed by atoms with Crippen LogP contribution in [0.5, 0.6) is 5.75 Å². The van der Waals surface area contributed by atoms with E-state index in [1.165, 1.54) is 11.4 Å². The van der Waals surface area contributed by atoms with Crippen LogP contribution in [0.2, 0.25) is 5.02 Å². The van der Waals surface area contributed by atoms with Crippen LogP contribution in [-0.2, 0) is 16.1 Å². The van der Waals surface area contributed by atoms with Gasteiger partial charge in [-0.3, -0.25) is 14.4 Å². The highest BCUT2D eigenvalue weighted by molar-refractivity contribution is 9.10. The normalized spacial score (nSPS) is 14.3. The molecule has 3 heterocycles. The molecule has 0 saturated carbocycles. The number of nitrogens with zero attached hydrogens (tertiary/aromatic N) is 4. The van der Waals surface area contributed by atoms with E-state index >= 15 is 0 Å². The molecular formula is C27H16BrClN4O4S. The molecule has 0 unspecified atom stereocenters. The van der Waals surface area contributed by atoms with Crippen LogP contribution in [0.15, 0.2) is 76.0 Å². The van der Waals surface area contributed by atoms with Crippen molar-refractivity contribution in [1.29, 1.82) is 0 Å². The molecule has 3 aromatic carbocycles. The molecule has 1 aliphatic rings. The molecule has 11 heteroatoms. The standard InChI is InChI=1S/C27H16BrClN4O4S/c1-14(34)37-21-5-3-2-4-18(21)24-30-27-33(31-24)26(36)23(38-27)22-19-12-16(28)8-11-20(19)32(25(22)35)13-15-6-9-17(29)10-7-15/h2-12H,13H2,1H3. The number of carbonyl (C=O) groups excluding carboxylic acids is 2. The summed E-state index contributed by atoms with van der Waals surface area (Å²) in [6, 6.07) is 19.7. The van der Waals surface area contributed by atoms with Crippen molar-refractivity contribution in [3.05, 3.63) is 102 Å². The number of para-hydroxylation sites is 1. The van der Waals surface area contributed by atoms with Gasteiger partial charge in [-0.05, 0) is 48.0 Å². The number of hydrogen-bond acceptors (Lipinski definition) is 7. The molecule has 0 saturated heterocycles. The Morgan fingerprint density at radius 1 is 1.05 bits per heavy atom. The second-order valence-electron chi connectivity index (χ2n) is 8.51.